The molecular weight excluding hydrogens is 848 g/mol. The number of anilines is 6. The molecule has 0 saturated heterocycles. The zero-order chi connectivity index (χ0) is 47.3. The molecule has 68 heavy (non-hydrogen) atoms. The molecule has 0 aliphatic carbocycles. The predicted octanol–water partition coefficient (Wildman–Crippen LogP) is 15.4. The zero-order valence-electron chi connectivity index (χ0n) is 41.2. The van der Waals surface area contributed by atoms with Crippen LogP contribution in [0.1, 0.15) is 111 Å². The second-order valence-electron chi connectivity index (χ2n) is 23.8. The maximum atomic E-state index is 11.2. The maximum absolute atomic E-state index is 11.2. The molecule has 7 aromatic carbocycles. The van der Waals surface area contributed by atoms with E-state index in [0.717, 1.165) is 61.9 Å². The average Bonchev–Trinajstić information content (AvgIpc) is 3.97. The Bertz CT molecular complexity index is 3940. The molecular formula is C61H55BN4OS. The van der Waals surface area contributed by atoms with Crippen molar-refractivity contribution >= 4 is 122 Å². The number of aromatic nitrogens is 1. The van der Waals surface area contributed by atoms with Crippen LogP contribution in [0, 0.1) is 11.3 Å². The normalized spacial score (nSPS) is 14.4. The molecule has 3 aliphatic rings. The third-order valence-corrected chi connectivity index (χ3v) is 16.5. The fourth-order valence-corrected chi connectivity index (χ4v) is 12.8. The molecule has 0 bridgehead atoms. The van der Waals surface area contributed by atoms with Crippen LogP contribution in [0.3, 0.4) is 0 Å². The van der Waals surface area contributed by atoms with Gasteiger partial charge in [-0.2, -0.15) is 5.26 Å². The molecule has 0 fully saturated rings. The van der Waals surface area contributed by atoms with Crippen molar-refractivity contribution in [3.05, 3.63) is 143 Å². The molecule has 0 N–H and O–H groups in total. The highest BCUT2D eigenvalue weighted by molar-refractivity contribution is 7.26. The molecule has 7 heteroatoms. The number of benzene rings is 7. The van der Waals surface area contributed by atoms with Crippen LogP contribution in [0.25, 0.3) is 58.6 Å². The van der Waals surface area contributed by atoms with E-state index in [1.807, 2.05) is 11.3 Å². The van der Waals surface area contributed by atoms with Gasteiger partial charge in [0.25, 0.3) is 6.71 Å². The Balaban J connectivity index is 1.23. The Labute approximate surface area is 403 Å². The Hall–Kier alpha value is -6.75. The molecule has 0 unspecified atom stereocenters. The van der Waals surface area contributed by atoms with E-state index in [-0.39, 0.29) is 28.4 Å². The molecule has 6 heterocycles. The van der Waals surface area contributed by atoms with Crippen molar-refractivity contribution in [1.29, 1.82) is 5.26 Å². The number of rotatable bonds is 1. The fourth-order valence-electron chi connectivity index (χ4n) is 11.6. The van der Waals surface area contributed by atoms with Crippen molar-refractivity contribution in [2.24, 2.45) is 0 Å². The summed E-state index contributed by atoms with van der Waals surface area (Å²) in [5.41, 5.74) is 19.5. The van der Waals surface area contributed by atoms with Crippen LogP contribution < -0.4 is 26.4 Å². The van der Waals surface area contributed by atoms with Crippen LogP contribution in [0.5, 0.6) is 0 Å². The van der Waals surface area contributed by atoms with Crippen LogP contribution >= 0.6 is 11.3 Å². The standard InChI is InChI=1S/C61H55BN4OS/c1-58(2,3)34-20-22-44-40(26-34)41-28-36(60(7,8)9)30-48-53(41)64(44)49-31-37(61(10,11)12)29-43-55(49)66(48)47-25-33(32-63)24-46-52(47)62(43)57-54(42-27-35(59(4,5)6)21-23-50(42)67-57)65(46)45-18-15-17-39-38-16-13-14-19-51(38)68-56(39)45/h13-31H,1-12H3. The summed E-state index contributed by atoms with van der Waals surface area (Å²) in [5.74, 6) is 0. The summed E-state index contributed by atoms with van der Waals surface area (Å²) in [4.78, 5) is 5.01. The Morgan fingerprint density at radius 2 is 1.12 bits per heavy atom. The van der Waals surface area contributed by atoms with Crippen LogP contribution in [0.15, 0.2) is 120 Å². The van der Waals surface area contributed by atoms with Crippen molar-refractivity contribution in [3.63, 3.8) is 0 Å². The van der Waals surface area contributed by atoms with Gasteiger partial charge in [0.05, 0.1) is 61.5 Å². The highest BCUT2D eigenvalue weighted by atomic mass is 32.1. The molecule has 3 aromatic heterocycles. The van der Waals surface area contributed by atoms with Gasteiger partial charge < -0.3 is 18.8 Å². The average molecular weight is 903 g/mol. The molecule has 0 radical (unpaired) electrons. The minimum Gasteiger partial charge on any atom is -0.468 e. The molecule has 0 saturated carbocycles. The third-order valence-electron chi connectivity index (χ3n) is 15.3. The first-order valence-electron chi connectivity index (χ1n) is 24.2. The number of hydrogen-bond acceptors (Lipinski definition) is 5. The fraction of sp³-hybridized carbons (Fsp3) is 0.262. The smallest absolute Gasteiger partial charge is 0.297 e. The van der Waals surface area contributed by atoms with E-state index in [2.05, 4.69) is 219 Å². The van der Waals surface area contributed by atoms with Gasteiger partial charge in [0, 0.05) is 43.0 Å². The van der Waals surface area contributed by atoms with Gasteiger partial charge in [-0.05, 0) is 122 Å². The summed E-state index contributed by atoms with van der Waals surface area (Å²) >= 11 is 1.84. The summed E-state index contributed by atoms with van der Waals surface area (Å²) < 4.78 is 12.5. The van der Waals surface area contributed by atoms with Crippen LogP contribution in [-0.2, 0) is 21.7 Å². The van der Waals surface area contributed by atoms with Gasteiger partial charge in [-0.15, -0.1) is 11.3 Å². The minimum absolute atomic E-state index is 0.0256. The lowest BCUT2D eigenvalue weighted by Gasteiger charge is -2.45. The Morgan fingerprint density at radius 1 is 0.515 bits per heavy atom. The second kappa shape index (κ2) is 13.3. The van der Waals surface area contributed by atoms with Crippen molar-refractivity contribution in [2.45, 2.75) is 105 Å². The van der Waals surface area contributed by atoms with Gasteiger partial charge in [0.1, 0.15) is 5.58 Å². The number of fused-ring (bicyclic) bond motifs is 14. The third kappa shape index (κ3) is 5.56. The molecule has 13 rings (SSSR count). The highest BCUT2D eigenvalue weighted by Crippen LogP contribution is 2.56. The van der Waals surface area contributed by atoms with E-state index in [1.54, 1.807) is 0 Å². The van der Waals surface area contributed by atoms with Crippen LogP contribution in [-0.4, -0.2) is 11.3 Å². The van der Waals surface area contributed by atoms with E-state index >= 15 is 0 Å². The summed E-state index contributed by atoms with van der Waals surface area (Å²) in [6.07, 6.45) is 0. The van der Waals surface area contributed by atoms with Crippen molar-refractivity contribution in [1.82, 2.24) is 4.57 Å². The van der Waals surface area contributed by atoms with E-state index in [0.29, 0.717) is 5.56 Å². The predicted molar refractivity (Wildman–Crippen MR) is 291 cm³/mol. The van der Waals surface area contributed by atoms with E-state index < -0.39 is 0 Å². The van der Waals surface area contributed by atoms with Crippen LogP contribution in [0.4, 0.5) is 34.1 Å². The summed E-state index contributed by atoms with van der Waals surface area (Å²) in [6, 6.07) is 46.2. The number of nitrogens with zero attached hydrogens (tertiary/aromatic N) is 4. The van der Waals surface area contributed by atoms with Gasteiger partial charge >= 0.3 is 0 Å². The number of nitriles is 1. The molecule has 10 aromatic rings. The van der Waals surface area contributed by atoms with Gasteiger partial charge in [-0.1, -0.05) is 132 Å². The Kier molecular flexibility index (Phi) is 8.09. The van der Waals surface area contributed by atoms with Crippen molar-refractivity contribution in [3.8, 4) is 11.8 Å². The first-order valence-corrected chi connectivity index (χ1v) is 25.0. The first-order chi connectivity index (χ1) is 32.2. The summed E-state index contributed by atoms with van der Waals surface area (Å²) in [6.45, 7) is 27.5. The lowest BCUT2D eigenvalue weighted by atomic mass is 9.35. The maximum Gasteiger partial charge on any atom is 0.297 e. The minimum atomic E-state index is -0.268. The summed E-state index contributed by atoms with van der Waals surface area (Å²) in [5, 5.41) is 17.3. The monoisotopic (exact) mass is 902 g/mol. The second-order valence-corrected chi connectivity index (χ2v) is 24.9. The van der Waals surface area contributed by atoms with Gasteiger partial charge in [0.15, 0.2) is 0 Å². The van der Waals surface area contributed by atoms with Gasteiger partial charge in [0.2, 0.25) is 0 Å². The topological polar surface area (TPSA) is 48.3 Å². The number of hydrogen-bond donors (Lipinski definition) is 0. The van der Waals surface area contributed by atoms with E-state index in [9.17, 15) is 5.26 Å². The summed E-state index contributed by atoms with van der Waals surface area (Å²) in [7, 11) is 0. The highest BCUT2D eigenvalue weighted by Gasteiger charge is 2.50. The number of thiophene rings is 1. The molecule has 5 nitrogen and oxygen atoms in total. The molecule has 334 valence electrons. The largest absolute Gasteiger partial charge is 0.468 e. The van der Waals surface area contributed by atoms with Crippen LogP contribution in [0.2, 0.25) is 0 Å². The van der Waals surface area contributed by atoms with Gasteiger partial charge in [-0.25, -0.2) is 0 Å². The lowest BCUT2D eigenvalue weighted by Crippen LogP contribution is -2.61. The van der Waals surface area contributed by atoms with Crippen molar-refractivity contribution in [2.75, 3.05) is 9.80 Å². The first kappa shape index (κ1) is 41.4. The molecule has 3 aliphatic heterocycles. The zero-order valence-corrected chi connectivity index (χ0v) is 42.0. The Morgan fingerprint density at radius 3 is 1.81 bits per heavy atom. The molecule has 0 amide bonds. The number of furan rings is 1. The van der Waals surface area contributed by atoms with Crippen molar-refractivity contribution < 1.29 is 4.42 Å². The quantitative estimate of drug-likeness (QED) is 0.154. The van der Waals surface area contributed by atoms with E-state index in [1.165, 1.54) is 69.7 Å². The lowest BCUT2D eigenvalue weighted by molar-refractivity contribution is 0.589. The van der Waals surface area contributed by atoms with E-state index in [4.69, 9.17) is 4.42 Å². The molecule has 0 spiro atoms. The van der Waals surface area contributed by atoms with Gasteiger partial charge in [-0.3, -0.25) is 0 Å². The SMILES string of the molecule is CC(C)(C)c1cc2c3c(c1)-n1c4ccc(C(C)(C)C)cc4c4cc(C(C)(C)C)cc(c41)N3c1cc(C#N)cc3c1B2c1oc2ccc(C(C)(C)C)cc2c1N3c1cccc2c1sc1ccccc12. The molecule has 0 atom stereocenters.